The van der Waals surface area contributed by atoms with Crippen molar-refractivity contribution in [2.45, 2.75) is 20.0 Å². The summed E-state index contributed by atoms with van der Waals surface area (Å²) in [7, 11) is 0. The second kappa shape index (κ2) is 3.86. The van der Waals surface area contributed by atoms with Crippen molar-refractivity contribution in [3.63, 3.8) is 0 Å². The normalized spacial score (nSPS) is 7.20. The van der Waals surface area contributed by atoms with Crippen molar-refractivity contribution in [1.82, 2.24) is 0 Å². The lowest BCUT2D eigenvalue weighted by atomic mass is 10.5. The van der Waals surface area contributed by atoms with E-state index < -0.39 is 6.17 Å². The Kier molecular flexibility index (Phi) is 6.83. The first-order valence-corrected chi connectivity index (χ1v) is 1.37. The van der Waals surface area contributed by atoms with Crippen LogP contribution in [0.3, 0.4) is 0 Å². The predicted octanol–water partition coefficient (Wildman–Crippen LogP) is 1.52. The second-order valence-corrected chi connectivity index (χ2v) is 1.01. The standard InChI is InChI=1S/C3H7F.FH/c1-3(2)4;/h3H,1-2H3;1H. The Morgan fingerprint density at radius 1 is 1.40 bits per heavy atom. The predicted molar refractivity (Wildman–Crippen MR) is 18.7 cm³/mol. The Balaban J connectivity index is 0. The third-order valence-corrected chi connectivity index (χ3v) is 0. The molecule has 0 fully saturated rings. The van der Waals surface area contributed by atoms with Crippen LogP contribution in [0.15, 0.2) is 0 Å². The number of hydrogen-bond acceptors (Lipinski definition) is 0. The van der Waals surface area contributed by atoms with Gasteiger partial charge in [-0.25, -0.2) is 4.39 Å². The lowest BCUT2D eigenvalue weighted by Crippen LogP contribution is -1.73. The first-order valence-electron chi connectivity index (χ1n) is 1.37. The van der Waals surface area contributed by atoms with Crippen LogP contribution in [0.25, 0.3) is 0 Å². The van der Waals surface area contributed by atoms with Gasteiger partial charge in [-0.1, -0.05) is 0 Å². The molecule has 0 aliphatic heterocycles. The van der Waals surface area contributed by atoms with E-state index in [1.165, 1.54) is 13.8 Å². The first kappa shape index (κ1) is 8.85. The molecule has 0 bridgehead atoms. The average molecular weight is 82.1 g/mol. The Bertz CT molecular complexity index is 9.61. The van der Waals surface area contributed by atoms with Crippen LogP contribution in [-0.4, -0.2) is 6.17 Å². The molecule has 0 rings (SSSR count). The number of alkyl halides is 1. The number of rotatable bonds is 0. The summed E-state index contributed by atoms with van der Waals surface area (Å²) in [5.41, 5.74) is 0. The van der Waals surface area contributed by atoms with Crippen LogP contribution < -0.4 is 0 Å². The van der Waals surface area contributed by atoms with E-state index in [0.717, 1.165) is 0 Å². The van der Waals surface area contributed by atoms with Crippen LogP contribution >= 0.6 is 0 Å². The molecular formula is C3H8F2. The SMILES string of the molecule is CC(C)F.F. The molecule has 0 saturated carbocycles. The molecule has 0 aromatic heterocycles. The molecule has 2 heteroatoms. The zero-order chi connectivity index (χ0) is 3.58. The highest BCUT2D eigenvalue weighted by Gasteiger charge is 1.73. The number of halogens is 2. The molecule has 0 aliphatic rings. The van der Waals surface area contributed by atoms with E-state index >= 15 is 0 Å². The fraction of sp³-hybridized carbons (Fsp3) is 1.00. The van der Waals surface area contributed by atoms with E-state index in [-0.39, 0.29) is 4.70 Å². The zero-order valence-corrected chi connectivity index (χ0v) is 3.36. The molecule has 0 atom stereocenters. The van der Waals surface area contributed by atoms with Gasteiger partial charge in [-0.3, -0.25) is 4.70 Å². The second-order valence-electron chi connectivity index (χ2n) is 1.01. The fourth-order valence-electron chi connectivity index (χ4n) is 0. The van der Waals surface area contributed by atoms with Gasteiger partial charge < -0.3 is 0 Å². The van der Waals surface area contributed by atoms with Crippen molar-refractivity contribution in [2.75, 3.05) is 0 Å². The van der Waals surface area contributed by atoms with E-state index in [1.54, 1.807) is 0 Å². The topological polar surface area (TPSA) is 0 Å². The van der Waals surface area contributed by atoms with Gasteiger partial charge in [0.15, 0.2) is 0 Å². The molecule has 0 aliphatic carbocycles. The lowest BCUT2D eigenvalue weighted by Gasteiger charge is -1.74. The Hall–Kier alpha value is -0.140. The largest absolute Gasteiger partial charge is 0.269 e. The highest BCUT2D eigenvalue weighted by atomic mass is 19.1. The van der Waals surface area contributed by atoms with Crippen LogP contribution in [0.5, 0.6) is 0 Å². The Morgan fingerprint density at radius 2 is 1.40 bits per heavy atom. The van der Waals surface area contributed by atoms with Crippen LogP contribution in [0.2, 0.25) is 0 Å². The van der Waals surface area contributed by atoms with Crippen molar-refractivity contribution in [3.05, 3.63) is 0 Å². The van der Waals surface area contributed by atoms with Crippen LogP contribution in [0, 0.1) is 0 Å². The summed E-state index contributed by atoms with van der Waals surface area (Å²) < 4.78 is 11.0. The molecule has 0 N–H and O–H groups in total. The molecule has 0 spiro atoms. The van der Waals surface area contributed by atoms with Gasteiger partial charge in [0.1, 0.15) is 0 Å². The fourth-order valence-corrected chi connectivity index (χ4v) is 0. The summed E-state index contributed by atoms with van der Waals surface area (Å²) in [6.07, 6.45) is -0.667. The number of hydrogen-bond donors (Lipinski definition) is 0. The summed E-state index contributed by atoms with van der Waals surface area (Å²) in [6.45, 7) is 3.00. The Morgan fingerprint density at radius 3 is 1.40 bits per heavy atom. The zero-order valence-electron chi connectivity index (χ0n) is 3.36. The summed E-state index contributed by atoms with van der Waals surface area (Å²) in [5.74, 6) is 0. The molecular weight excluding hydrogens is 74.0 g/mol. The maximum Gasteiger partial charge on any atom is 0.0945 e. The van der Waals surface area contributed by atoms with Crippen molar-refractivity contribution in [2.24, 2.45) is 0 Å². The molecule has 0 heterocycles. The van der Waals surface area contributed by atoms with Crippen molar-refractivity contribution < 1.29 is 9.09 Å². The molecule has 0 unspecified atom stereocenters. The third-order valence-electron chi connectivity index (χ3n) is 0. The maximum atomic E-state index is 11.0. The van der Waals surface area contributed by atoms with Gasteiger partial charge in [0.05, 0.1) is 6.17 Å². The minimum Gasteiger partial charge on any atom is -0.269 e. The van der Waals surface area contributed by atoms with Crippen molar-refractivity contribution >= 4 is 0 Å². The van der Waals surface area contributed by atoms with Gasteiger partial charge in [-0.05, 0) is 13.8 Å². The Labute approximate surface area is 30.4 Å². The monoisotopic (exact) mass is 82.1 g/mol. The molecule has 34 valence electrons. The summed E-state index contributed by atoms with van der Waals surface area (Å²) in [6, 6.07) is 0. The molecule has 0 aromatic carbocycles. The lowest BCUT2D eigenvalue weighted by molar-refractivity contribution is 0.391. The van der Waals surface area contributed by atoms with E-state index in [2.05, 4.69) is 0 Å². The highest BCUT2D eigenvalue weighted by Crippen LogP contribution is 1.77. The van der Waals surface area contributed by atoms with Crippen LogP contribution in [0.4, 0.5) is 9.09 Å². The summed E-state index contributed by atoms with van der Waals surface area (Å²) >= 11 is 0. The summed E-state index contributed by atoms with van der Waals surface area (Å²) in [5, 5.41) is 0. The van der Waals surface area contributed by atoms with E-state index in [9.17, 15) is 4.39 Å². The van der Waals surface area contributed by atoms with E-state index in [0.29, 0.717) is 0 Å². The summed E-state index contributed by atoms with van der Waals surface area (Å²) in [4.78, 5) is 0. The van der Waals surface area contributed by atoms with Crippen molar-refractivity contribution in [1.29, 1.82) is 0 Å². The minimum absolute atomic E-state index is 0. The van der Waals surface area contributed by atoms with Gasteiger partial charge in [-0.15, -0.1) is 0 Å². The molecule has 0 radical (unpaired) electrons. The molecule has 0 aromatic rings. The third kappa shape index (κ3) is 681. The quantitative estimate of drug-likeness (QED) is 0.415. The highest BCUT2D eigenvalue weighted by molar-refractivity contribution is 4.22. The first-order chi connectivity index (χ1) is 1.73. The smallest absolute Gasteiger partial charge is 0.0945 e. The molecule has 5 heavy (non-hydrogen) atoms. The molecule has 0 amide bonds. The molecule has 0 nitrogen and oxygen atoms in total. The van der Waals surface area contributed by atoms with Gasteiger partial charge in [0.25, 0.3) is 0 Å². The van der Waals surface area contributed by atoms with Gasteiger partial charge >= 0.3 is 0 Å². The van der Waals surface area contributed by atoms with Crippen molar-refractivity contribution in [3.8, 4) is 0 Å². The van der Waals surface area contributed by atoms with Crippen LogP contribution in [0.1, 0.15) is 13.8 Å². The average Bonchev–Trinajstić information content (AvgIpc) is 0.811. The van der Waals surface area contributed by atoms with Crippen LogP contribution in [-0.2, 0) is 0 Å². The van der Waals surface area contributed by atoms with Gasteiger partial charge in [0.2, 0.25) is 0 Å². The van der Waals surface area contributed by atoms with E-state index in [4.69, 9.17) is 0 Å². The van der Waals surface area contributed by atoms with Gasteiger partial charge in [0, 0.05) is 0 Å². The molecule has 0 saturated heterocycles. The van der Waals surface area contributed by atoms with Gasteiger partial charge in [-0.2, -0.15) is 0 Å². The maximum absolute atomic E-state index is 11.0. The van der Waals surface area contributed by atoms with E-state index in [1.807, 2.05) is 0 Å². The minimum atomic E-state index is -0.667.